The average Bonchev–Trinajstić information content (AvgIpc) is 3.22. The summed E-state index contributed by atoms with van der Waals surface area (Å²) in [7, 11) is 1.61. The molecule has 2 aromatic rings. The molecule has 176 valence electrons. The lowest BCUT2D eigenvalue weighted by molar-refractivity contribution is -0.122. The second-order valence-corrected chi connectivity index (χ2v) is 8.92. The van der Waals surface area contributed by atoms with E-state index in [1.165, 1.54) is 6.07 Å². The van der Waals surface area contributed by atoms with E-state index in [1.54, 1.807) is 7.11 Å². The van der Waals surface area contributed by atoms with Crippen LogP contribution < -0.4 is 10.2 Å². The molecule has 1 amide bonds. The Morgan fingerprint density at radius 1 is 1.19 bits per heavy atom. The summed E-state index contributed by atoms with van der Waals surface area (Å²) in [4.78, 5) is 16.3. The molecule has 2 fully saturated rings. The lowest BCUT2D eigenvalue weighted by Gasteiger charge is -2.36. The summed E-state index contributed by atoms with van der Waals surface area (Å²) in [5.41, 5.74) is 0.00863. The first-order valence-corrected chi connectivity index (χ1v) is 11.5. The van der Waals surface area contributed by atoms with Gasteiger partial charge in [0.1, 0.15) is 5.82 Å². The minimum Gasteiger partial charge on any atom is -0.384 e. The highest BCUT2D eigenvalue weighted by atomic mass is 19.1. The second-order valence-electron chi connectivity index (χ2n) is 8.92. The highest BCUT2D eigenvalue weighted by molar-refractivity contribution is 5.89. The normalized spacial score (nSPS) is 22.4. The molecule has 1 N–H and O–H groups in total. The van der Waals surface area contributed by atoms with Crippen molar-refractivity contribution in [3.8, 4) is 0 Å². The molecule has 32 heavy (non-hydrogen) atoms. The summed E-state index contributed by atoms with van der Waals surface area (Å²) in [6, 6.07) is 2.40. The summed E-state index contributed by atoms with van der Waals surface area (Å²) in [6.07, 6.45) is 5.98. The molecule has 1 saturated carbocycles. The molecule has 2 aliphatic rings. The van der Waals surface area contributed by atoms with Crippen LogP contribution in [0.2, 0.25) is 0 Å². The van der Waals surface area contributed by atoms with E-state index in [0.717, 1.165) is 70.9 Å². The predicted molar refractivity (Wildman–Crippen MR) is 118 cm³/mol. The molecule has 4 rings (SSSR count). The molecule has 1 saturated heterocycles. The van der Waals surface area contributed by atoms with Crippen molar-refractivity contribution in [3.63, 3.8) is 0 Å². The first-order valence-electron chi connectivity index (χ1n) is 11.5. The van der Waals surface area contributed by atoms with Crippen molar-refractivity contribution in [1.82, 2.24) is 15.4 Å². The minimum atomic E-state index is -0.721. The number of piperazine rings is 1. The molecule has 0 spiro atoms. The first kappa shape index (κ1) is 22.9. The SMILES string of the molecule is COCCC(=O)N[C@H]1CC[C@H](CCN2CCN(c3noc4c(F)cc(F)cc34)CC2)CC1. The number of hydrogen-bond acceptors (Lipinski definition) is 6. The molecule has 9 heteroatoms. The fraction of sp³-hybridized carbons (Fsp3) is 0.652. The fourth-order valence-corrected chi connectivity index (χ4v) is 4.82. The molecule has 0 unspecified atom stereocenters. The zero-order chi connectivity index (χ0) is 22.5. The lowest BCUT2D eigenvalue weighted by Crippen LogP contribution is -2.47. The number of rotatable bonds is 8. The maximum absolute atomic E-state index is 13.9. The van der Waals surface area contributed by atoms with Crippen molar-refractivity contribution < 1.29 is 22.8 Å². The number of nitrogens with zero attached hydrogens (tertiary/aromatic N) is 3. The van der Waals surface area contributed by atoms with Crippen LogP contribution in [0, 0.1) is 17.6 Å². The third-order valence-corrected chi connectivity index (χ3v) is 6.74. The molecule has 1 aliphatic heterocycles. The van der Waals surface area contributed by atoms with E-state index >= 15 is 0 Å². The third kappa shape index (κ3) is 5.56. The number of carbonyl (C=O) groups excluding carboxylic acids is 1. The molecule has 1 aromatic heterocycles. The quantitative estimate of drug-likeness (QED) is 0.665. The van der Waals surface area contributed by atoms with Crippen LogP contribution in [-0.4, -0.2) is 68.4 Å². The Morgan fingerprint density at radius 2 is 1.94 bits per heavy atom. The van der Waals surface area contributed by atoms with Gasteiger partial charge in [-0.25, -0.2) is 8.78 Å². The van der Waals surface area contributed by atoms with Crippen molar-refractivity contribution in [2.75, 3.05) is 51.3 Å². The molecule has 0 radical (unpaired) electrons. The number of ether oxygens (including phenoxy) is 1. The Hall–Kier alpha value is -2.26. The smallest absolute Gasteiger partial charge is 0.222 e. The largest absolute Gasteiger partial charge is 0.384 e. The van der Waals surface area contributed by atoms with Gasteiger partial charge in [0.05, 0.1) is 12.0 Å². The monoisotopic (exact) mass is 450 g/mol. The van der Waals surface area contributed by atoms with Crippen molar-refractivity contribution in [3.05, 3.63) is 23.8 Å². The fourth-order valence-electron chi connectivity index (χ4n) is 4.82. The number of halogens is 2. The van der Waals surface area contributed by atoms with E-state index in [9.17, 15) is 13.6 Å². The Labute approximate surface area is 187 Å². The van der Waals surface area contributed by atoms with Crippen molar-refractivity contribution in [2.45, 2.75) is 44.6 Å². The maximum Gasteiger partial charge on any atom is 0.222 e. The van der Waals surface area contributed by atoms with Gasteiger partial charge in [0.15, 0.2) is 11.6 Å². The highest BCUT2D eigenvalue weighted by Crippen LogP contribution is 2.30. The standard InChI is InChI=1S/C23H32F2N4O3/c1-31-13-7-21(30)26-18-4-2-16(3-5-18)6-8-28-9-11-29(12-10-28)23-19-14-17(24)15-20(25)22(19)32-27-23/h14-16,18H,2-13H2,1H3,(H,26,30)/t16-,18-. The number of hydrogen-bond donors (Lipinski definition) is 1. The van der Waals surface area contributed by atoms with Gasteiger partial charge in [-0.05, 0) is 50.6 Å². The first-order chi connectivity index (χ1) is 15.5. The van der Waals surface area contributed by atoms with Gasteiger partial charge in [-0.2, -0.15) is 0 Å². The van der Waals surface area contributed by atoms with Gasteiger partial charge in [-0.15, -0.1) is 0 Å². The number of anilines is 1. The van der Waals surface area contributed by atoms with Crippen LogP contribution >= 0.6 is 0 Å². The lowest BCUT2D eigenvalue weighted by atomic mass is 9.84. The number of aromatic nitrogens is 1. The van der Waals surface area contributed by atoms with Gasteiger partial charge in [0.25, 0.3) is 0 Å². The topological polar surface area (TPSA) is 70.8 Å². The van der Waals surface area contributed by atoms with E-state index in [4.69, 9.17) is 9.26 Å². The van der Waals surface area contributed by atoms with Gasteiger partial charge < -0.3 is 19.5 Å². The molecular formula is C23H32F2N4O3. The van der Waals surface area contributed by atoms with Crippen molar-refractivity contribution in [2.24, 2.45) is 5.92 Å². The summed E-state index contributed by atoms with van der Waals surface area (Å²) < 4.78 is 37.6. The number of methoxy groups -OCH3 is 1. The predicted octanol–water partition coefficient (Wildman–Crippen LogP) is 3.33. The van der Waals surface area contributed by atoms with E-state index in [1.807, 2.05) is 4.90 Å². The Balaban J connectivity index is 1.19. The molecule has 1 aromatic carbocycles. The molecular weight excluding hydrogens is 418 g/mol. The summed E-state index contributed by atoms with van der Waals surface area (Å²) >= 11 is 0. The second kappa shape index (κ2) is 10.6. The van der Waals surface area contributed by atoms with E-state index in [0.29, 0.717) is 36.2 Å². The number of fused-ring (bicyclic) bond motifs is 1. The number of carbonyl (C=O) groups is 1. The van der Waals surface area contributed by atoms with Crippen molar-refractivity contribution >= 4 is 22.7 Å². The summed E-state index contributed by atoms with van der Waals surface area (Å²) in [6.45, 7) is 4.79. The molecule has 1 aliphatic carbocycles. The van der Waals surface area contributed by atoms with Crippen molar-refractivity contribution in [1.29, 1.82) is 0 Å². The average molecular weight is 451 g/mol. The minimum absolute atomic E-state index is 0.00863. The summed E-state index contributed by atoms with van der Waals surface area (Å²) in [5, 5.41) is 7.51. The van der Waals surface area contributed by atoms with Crippen LogP contribution in [0.3, 0.4) is 0 Å². The van der Waals surface area contributed by atoms with Crippen LogP contribution in [0.1, 0.15) is 38.5 Å². The zero-order valence-corrected chi connectivity index (χ0v) is 18.6. The van der Waals surface area contributed by atoms with Crippen LogP contribution in [0.4, 0.5) is 14.6 Å². The molecule has 7 nitrogen and oxygen atoms in total. The van der Waals surface area contributed by atoms with Gasteiger partial charge >= 0.3 is 0 Å². The van der Waals surface area contributed by atoms with E-state index in [-0.39, 0.29) is 11.5 Å². The van der Waals surface area contributed by atoms with Crippen LogP contribution in [0.25, 0.3) is 11.0 Å². The third-order valence-electron chi connectivity index (χ3n) is 6.74. The molecule has 0 atom stereocenters. The van der Waals surface area contributed by atoms with Gasteiger partial charge in [-0.1, -0.05) is 5.16 Å². The van der Waals surface area contributed by atoms with Gasteiger partial charge in [0.2, 0.25) is 11.5 Å². The van der Waals surface area contributed by atoms with Crippen LogP contribution in [0.5, 0.6) is 0 Å². The van der Waals surface area contributed by atoms with Gasteiger partial charge in [-0.3, -0.25) is 9.69 Å². The van der Waals surface area contributed by atoms with E-state index < -0.39 is 11.6 Å². The molecule has 2 heterocycles. The van der Waals surface area contributed by atoms with Gasteiger partial charge in [0, 0.05) is 51.8 Å². The Morgan fingerprint density at radius 3 is 2.66 bits per heavy atom. The number of nitrogens with one attached hydrogen (secondary N) is 1. The van der Waals surface area contributed by atoms with Crippen LogP contribution in [-0.2, 0) is 9.53 Å². The molecule has 0 bridgehead atoms. The Kier molecular flexibility index (Phi) is 7.57. The zero-order valence-electron chi connectivity index (χ0n) is 18.6. The van der Waals surface area contributed by atoms with Crippen LogP contribution in [0.15, 0.2) is 16.7 Å². The van der Waals surface area contributed by atoms with E-state index in [2.05, 4.69) is 15.4 Å². The Bertz CT molecular complexity index is 906. The highest BCUT2D eigenvalue weighted by Gasteiger charge is 2.26. The number of benzene rings is 1. The summed E-state index contributed by atoms with van der Waals surface area (Å²) in [5.74, 6) is -0.0444. The maximum atomic E-state index is 13.9. The number of amides is 1.